The van der Waals surface area contributed by atoms with E-state index in [9.17, 15) is 13.2 Å². The lowest BCUT2D eigenvalue weighted by atomic mass is 10.1. The lowest BCUT2D eigenvalue weighted by molar-refractivity contribution is -0.138. The Bertz CT molecular complexity index is 1210. The first kappa shape index (κ1) is 20.9. The van der Waals surface area contributed by atoms with E-state index >= 15 is 0 Å². The monoisotopic (exact) mass is 442 g/mol. The number of benzene rings is 2. The number of aryl methyl sites for hydroxylation is 1. The number of fused-ring (bicyclic) bond motifs is 1. The predicted octanol–water partition coefficient (Wildman–Crippen LogP) is 2.23. The Hall–Kier alpha value is -3.40. The van der Waals surface area contributed by atoms with E-state index in [0.717, 1.165) is 17.4 Å². The maximum atomic E-state index is 13.0. The number of amides is 1. The van der Waals surface area contributed by atoms with E-state index in [4.69, 9.17) is 9.26 Å². The highest BCUT2D eigenvalue weighted by molar-refractivity contribution is 7.92. The van der Waals surface area contributed by atoms with E-state index in [2.05, 4.69) is 10.1 Å². The Morgan fingerprint density at radius 1 is 1.19 bits per heavy atom. The third-order valence-electron chi connectivity index (χ3n) is 4.94. The van der Waals surface area contributed by atoms with Crippen molar-refractivity contribution in [1.29, 1.82) is 0 Å². The van der Waals surface area contributed by atoms with Crippen LogP contribution in [0.15, 0.2) is 53.1 Å². The molecule has 0 saturated carbocycles. The van der Waals surface area contributed by atoms with Crippen LogP contribution in [0.4, 0.5) is 5.69 Å². The number of hydrogen-bond acceptors (Lipinski definition) is 7. The third kappa shape index (κ3) is 4.38. The number of nitrogens with zero attached hydrogens (tertiary/aromatic N) is 4. The van der Waals surface area contributed by atoms with Gasteiger partial charge in [-0.15, -0.1) is 0 Å². The van der Waals surface area contributed by atoms with Gasteiger partial charge >= 0.3 is 0 Å². The quantitative estimate of drug-likeness (QED) is 0.596. The Morgan fingerprint density at radius 2 is 1.90 bits per heavy atom. The van der Waals surface area contributed by atoms with Gasteiger partial charge in [-0.25, -0.2) is 8.42 Å². The van der Waals surface area contributed by atoms with Crippen LogP contribution in [0.3, 0.4) is 0 Å². The molecule has 31 heavy (non-hydrogen) atoms. The van der Waals surface area contributed by atoms with Crippen molar-refractivity contribution in [1.82, 2.24) is 15.0 Å². The summed E-state index contributed by atoms with van der Waals surface area (Å²) in [6.45, 7) is 1.94. The maximum Gasteiger partial charge on any atom is 0.265 e. The second-order valence-electron chi connectivity index (χ2n) is 7.44. The third-order valence-corrected chi connectivity index (χ3v) is 6.08. The number of sulfonamides is 1. The van der Waals surface area contributed by atoms with Crippen LogP contribution in [0, 0.1) is 6.92 Å². The molecule has 0 bridgehead atoms. The van der Waals surface area contributed by atoms with E-state index in [-0.39, 0.29) is 19.0 Å². The number of carbonyl (C=O) groups excluding carboxylic acids is 1. The number of para-hydroxylation sites is 2. The summed E-state index contributed by atoms with van der Waals surface area (Å²) in [7, 11) is -2.00. The zero-order valence-electron chi connectivity index (χ0n) is 17.3. The van der Waals surface area contributed by atoms with Crippen molar-refractivity contribution >= 4 is 21.6 Å². The summed E-state index contributed by atoms with van der Waals surface area (Å²) in [4.78, 5) is 18.7. The van der Waals surface area contributed by atoms with Gasteiger partial charge in [0.05, 0.1) is 25.0 Å². The molecular formula is C21H22N4O5S. The first-order chi connectivity index (χ1) is 14.7. The minimum Gasteiger partial charge on any atom is -0.476 e. The molecule has 1 atom stereocenters. The molecule has 0 unspecified atom stereocenters. The van der Waals surface area contributed by atoms with Gasteiger partial charge in [0.15, 0.2) is 6.10 Å². The zero-order valence-corrected chi connectivity index (χ0v) is 18.2. The highest BCUT2D eigenvalue weighted by Gasteiger charge is 2.36. The smallest absolute Gasteiger partial charge is 0.265 e. The highest BCUT2D eigenvalue weighted by Crippen LogP contribution is 2.35. The molecule has 0 N–H and O–H groups in total. The van der Waals surface area contributed by atoms with Crippen LogP contribution in [-0.2, 0) is 21.4 Å². The molecule has 0 saturated heterocycles. The van der Waals surface area contributed by atoms with Gasteiger partial charge in [-0.3, -0.25) is 9.10 Å². The highest BCUT2D eigenvalue weighted by atomic mass is 32.2. The van der Waals surface area contributed by atoms with Crippen molar-refractivity contribution < 1.29 is 22.5 Å². The Balaban J connectivity index is 1.49. The van der Waals surface area contributed by atoms with Crippen molar-refractivity contribution in [2.45, 2.75) is 19.6 Å². The molecule has 0 spiro atoms. The van der Waals surface area contributed by atoms with Gasteiger partial charge in [0, 0.05) is 12.6 Å². The molecular weight excluding hydrogens is 420 g/mol. The summed E-state index contributed by atoms with van der Waals surface area (Å²) >= 11 is 0. The van der Waals surface area contributed by atoms with Crippen LogP contribution >= 0.6 is 0 Å². The van der Waals surface area contributed by atoms with E-state index in [1.54, 1.807) is 31.3 Å². The van der Waals surface area contributed by atoms with Gasteiger partial charge < -0.3 is 14.2 Å². The largest absolute Gasteiger partial charge is 0.476 e. The summed E-state index contributed by atoms with van der Waals surface area (Å²) < 4.78 is 36.8. The number of likely N-dealkylation sites (N-methyl/N-ethyl adjacent to an activating group) is 1. The maximum absolute atomic E-state index is 13.0. The summed E-state index contributed by atoms with van der Waals surface area (Å²) in [6.07, 6.45) is 0.111. The summed E-state index contributed by atoms with van der Waals surface area (Å²) in [5.41, 5.74) is 2.34. The van der Waals surface area contributed by atoms with Gasteiger partial charge in [-0.2, -0.15) is 4.98 Å². The van der Waals surface area contributed by atoms with Gasteiger partial charge in [0.2, 0.25) is 21.7 Å². The summed E-state index contributed by atoms with van der Waals surface area (Å²) in [6, 6.07) is 14.4. The second kappa shape index (κ2) is 8.03. The number of carbonyl (C=O) groups is 1. The minimum absolute atomic E-state index is 0.0675. The molecule has 9 nitrogen and oxygen atoms in total. The molecule has 0 aliphatic carbocycles. The normalized spacial score (nSPS) is 15.8. The van der Waals surface area contributed by atoms with E-state index < -0.39 is 22.0 Å². The summed E-state index contributed by atoms with van der Waals surface area (Å²) in [5.74, 6) is 0.646. The fraction of sp³-hybridized carbons (Fsp3) is 0.286. The zero-order chi connectivity index (χ0) is 22.2. The molecule has 0 radical (unpaired) electrons. The van der Waals surface area contributed by atoms with E-state index in [1.807, 2.05) is 31.2 Å². The van der Waals surface area contributed by atoms with E-state index in [0.29, 0.717) is 17.3 Å². The number of hydrogen-bond donors (Lipinski definition) is 0. The second-order valence-corrected chi connectivity index (χ2v) is 9.35. The Labute approximate surface area is 180 Å². The van der Waals surface area contributed by atoms with Crippen LogP contribution in [0.25, 0.3) is 11.4 Å². The van der Waals surface area contributed by atoms with Crippen LogP contribution in [0.1, 0.15) is 11.5 Å². The van der Waals surface area contributed by atoms with Crippen LogP contribution < -0.4 is 9.04 Å². The van der Waals surface area contributed by atoms with Crippen molar-refractivity contribution in [3.8, 4) is 17.1 Å². The van der Waals surface area contributed by atoms with Crippen LogP contribution in [0.5, 0.6) is 5.75 Å². The Morgan fingerprint density at radius 3 is 2.61 bits per heavy atom. The molecule has 2 heterocycles. The number of aromatic nitrogens is 2. The number of anilines is 1. The van der Waals surface area contributed by atoms with Crippen molar-refractivity contribution in [2.75, 3.05) is 24.2 Å². The topological polar surface area (TPSA) is 106 Å². The first-order valence-corrected chi connectivity index (χ1v) is 11.5. The molecule has 1 amide bonds. The molecule has 1 aliphatic heterocycles. The van der Waals surface area contributed by atoms with Gasteiger partial charge in [-0.05, 0) is 19.1 Å². The standard InChI is InChI=1S/C21H22N4O5S/c1-14-8-10-15(11-9-14)20-22-19(30-23-20)13-24(2)21(26)18-12-25(31(3,27)28)16-6-4-5-7-17(16)29-18/h4-11,18H,12-13H2,1-3H3/t18-/m0/s1. The Kier molecular flexibility index (Phi) is 5.40. The predicted molar refractivity (Wildman–Crippen MR) is 114 cm³/mol. The molecule has 0 fully saturated rings. The van der Waals surface area contributed by atoms with Crippen molar-refractivity contribution in [2.24, 2.45) is 0 Å². The molecule has 1 aromatic heterocycles. The lowest BCUT2D eigenvalue weighted by Crippen LogP contribution is -2.50. The molecule has 10 heteroatoms. The summed E-state index contributed by atoms with van der Waals surface area (Å²) in [5, 5.41) is 3.97. The molecule has 1 aliphatic rings. The fourth-order valence-corrected chi connectivity index (χ4v) is 4.22. The van der Waals surface area contributed by atoms with Gasteiger partial charge in [0.1, 0.15) is 5.75 Å². The number of rotatable bonds is 5. The van der Waals surface area contributed by atoms with Crippen molar-refractivity contribution in [3.63, 3.8) is 0 Å². The first-order valence-electron chi connectivity index (χ1n) is 9.60. The number of ether oxygens (including phenoxy) is 1. The van der Waals surface area contributed by atoms with Gasteiger partial charge in [0.25, 0.3) is 5.91 Å². The lowest BCUT2D eigenvalue weighted by Gasteiger charge is -2.35. The molecule has 4 rings (SSSR count). The minimum atomic E-state index is -3.58. The average Bonchev–Trinajstić information content (AvgIpc) is 3.20. The fourth-order valence-electron chi connectivity index (χ4n) is 3.31. The van der Waals surface area contributed by atoms with Crippen LogP contribution in [-0.4, -0.2) is 55.3 Å². The van der Waals surface area contributed by atoms with Gasteiger partial charge in [-0.1, -0.05) is 47.1 Å². The van der Waals surface area contributed by atoms with Crippen LogP contribution in [0.2, 0.25) is 0 Å². The van der Waals surface area contributed by atoms with Crippen molar-refractivity contribution in [3.05, 3.63) is 60.0 Å². The SMILES string of the molecule is Cc1ccc(-c2noc(CN(C)C(=O)[C@@H]3CN(S(C)(=O)=O)c4ccccc4O3)n2)cc1. The molecule has 162 valence electrons. The van der Waals surface area contributed by atoms with E-state index in [1.165, 1.54) is 9.21 Å². The molecule has 3 aromatic rings. The average molecular weight is 442 g/mol. The molecule has 2 aromatic carbocycles.